The first-order valence-electron chi connectivity index (χ1n) is 36.4. The normalized spacial score (nSPS) is 13.0. The Morgan fingerprint density at radius 3 is 0.537 bits per heavy atom. The Balaban J connectivity index is 9.47. The Labute approximate surface area is 509 Å². The van der Waals surface area contributed by atoms with Crippen LogP contribution in [0.5, 0.6) is 0 Å². The van der Waals surface area contributed by atoms with Crippen LogP contribution in [0.2, 0.25) is 78.6 Å². The van der Waals surface area contributed by atoms with Crippen LogP contribution in [0.15, 0.2) is 0 Å². The Bertz CT molecular complexity index is 1300. The van der Waals surface area contributed by atoms with Gasteiger partial charge in [0.25, 0.3) is 5.97 Å². The maximum atomic E-state index is 13.7. The Morgan fingerprint density at radius 1 is 0.212 bits per heavy atom. The van der Waals surface area contributed by atoms with Gasteiger partial charge < -0.3 is 25.0 Å². The van der Waals surface area contributed by atoms with E-state index >= 15 is 0 Å². The minimum atomic E-state index is -3.18. The summed E-state index contributed by atoms with van der Waals surface area (Å²) in [6.45, 7) is 32.5. The van der Waals surface area contributed by atoms with Crippen molar-refractivity contribution in [1.82, 2.24) is 0 Å². The van der Waals surface area contributed by atoms with Gasteiger partial charge in [-0.3, -0.25) is 4.79 Å². The highest BCUT2D eigenvalue weighted by Gasteiger charge is 2.59. The van der Waals surface area contributed by atoms with E-state index < -0.39 is 51.1 Å². The molecule has 0 radical (unpaired) electrons. The predicted octanol–water partition coefficient (Wildman–Crippen LogP) is 25.3. The fourth-order valence-corrected chi connectivity index (χ4v) is 51.0. The number of hydrogen-bond donors (Lipinski definition) is 0. The summed E-state index contributed by atoms with van der Waals surface area (Å²) < 4.78 is 51.0. The minimum absolute atomic E-state index is 0.154. The van der Waals surface area contributed by atoms with E-state index in [-0.39, 0.29) is 5.97 Å². The topological polar surface area (TPSA) is 72.5 Å². The summed E-state index contributed by atoms with van der Waals surface area (Å²) in [6, 6.07) is 14.0. The van der Waals surface area contributed by atoms with Crippen molar-refractivity contribution in [1.29, 1.82) is 0 Å². The molecule has 0 unspecified atom stereocenters. The van der Waals surface area contributed by atoms with Gasteiger partial charge >= 0.3 is 42.8 Å². The standard InChI is InChI=1S/C67H146O7Si6/c1-15-28-41-54-75(55-42-29-16-2,56-43-30-17-3)70-77(59-46-33-20-6,60-47-34-21-7)72-79(63-50-37-24-10,64-51-38-25-11)74-80(65-52-39-26-12,66-53-40-27-13)73-78(61-48-35-22-8,62-49-36-23-9)71-76(69-67(14)68,57-44-31-18-4)58-45-32-19-5/h15-66H2,1-14H3. The maximum Gasteiger partial charge on any atom is 0.392 e. The molecule has 0 saturated carbocycles. The first-order chi connectivity index (χ1) is 38.7. The summed E-state index contributed by atoms with van der Waals surface area (Å²) in [7, 11) is -17.7. The largest absolute Gasteiger partial charge is 0.495 e. The molecule has 7 nitrogen and oxygen atoms in total. The third-order valence-electron chi connectivity index (χ3n) is 17.5. The van der Waals surface area contributed by atoms with E-state index in [2.05, 4.69) is 90.0 Å². The summed E-state index contributed by atoms with van der Waals surface area (Å²) in [5, 5.41) is 0. The summed E-state index contributed by atoms with van der Waals surface area (Å²) in [5.74, 6) is -0.154. The summed E-state index contributed by atoms with van der Waals surface area (Å²) in [4.78, 5) is 13.7. The zero-order valence-electron chi connectivity index (χ0n) is 57.1. The van der Waals surface area contributed by atoms with Gasteiger partial charge in [0.1, 0.15) is 0 Å². The van der Waals surface area contributed by atoms with Gasteiger partial charge in [-0.15, -0.1) is 0 Å². The number of rotatable bonds is 63. The monoisotopic (exact) mass is 1230 g/mol. The van der Waals surface area contributed by atoms with Crippen molar-refractivity contribution in [2.45, 2.75) is 426 Å². The molecule has 0 amide bonds. The molecule has 0 fully saturated rings. The van der Waals surface area contributed by atoms with Gasteiger partial charge in [-0.05, 0) is 66.5 Å². The first-order valence-corrected chi connectivity index (χ1v) is 50.1. The number of unbranched alkanes of at least 4 members (excludes halogenated alkanes) is 26. The van der Waals surface area contributed by atoms with E-state index in [0.29, 0.717) is 0 Å². The molecule has 0 heterocycles. The molecule has 0 atom stereocenters. The lowest BCUT2D eigenvalue weighted by atomic mass is 10.3. The van der Waals surface area contributed by atoms with Crippen LogP contribution in [0.1, 0.15) is 347 Å². The summed E-state index contributed by atoms with van der Waals surface area (Å²) >= 11 is 0. The van der Waals surface area contributed by atoms with Gasteiger partial charge in [0, 0.05) is 19.0 Å². The van der Waals surface area contributed by atoms with Crippen molar-refractivity contribution >= 4 is 57.1 Å². The van der Waals surface area contributed by atoms with Crippen molar-refractivity contribution in [3.05, 3.63) is 0 Å². The van der Waals surface area contributed by atoms with E-state index in [9.17, 15) is 4.79 Å². The smallest absolute Gasteiger partial charge is 0.392 e. The molecule has 0 aromatic carbocycles. The molecule has 0 aliphatic rings. The second kappa shape index (κ2) is 51.6. The Kier molecular flexibility index (Phi) is 52.0. The number of hydrogen-bond acceptors (Lipinski definition) is 7. The first kappa shape index (κ1) is 80.6. The number of carbonyl (C=O) groups is 1. The van der Waals surface area contributed by atoms with Crippen molar-refractivity contribution in [3.63, 3.8) is 0 Å². The molecule has 0 saturated heterocycles. The molecule has 480 valence electrons. The van der Waals surface area contributed by atoms with Crippen LogP contribution >= 0.6 is 0 Å². The van der Waals surface area contributed by atoms with Gasteiger partial charge in [-0.25, -0.2) is 0 Å². The van der Waals surface area contributed by atoms with Crippen LogP contribution in [0.3, 0.4) is 0 Å². The van der Waals surface area contributed by atoms with Crippen LogP contribution in [-0.4, -0.2) is 57.1 Å². The maximum absolute atomic E-state index is 13.7. The average molecular weight is 1230 g/mol. The molecule has 0 rings (SSSR count). The molecule has 13 heteroatoms. The molecule has 0 spiro atoms. The van der Waals surface area contributed by atoms with Gasteiger partial charge in [0.15, 0.2) is 8.32 Å². The quantitative estimate of drug-likeness (QED) is 0.0444. The minimum Gasteiger partial charge on any atom is -0.495 e. The molecule has 0 aliphatic heterocycles. The highest BCUT2D eigenvalue weighted by Crippen LogP contribution is 2.46. The lowest BCUT2D eigenvalue weighted by molar-refractivity contribution is -0.133. The second-order valence-electron chi connectivity index (χ2n) is 25.8. The van der Waals surface area contributed by atoms with E-state index in [4.69, 9.17) is 25.0 Å². The lowest BCUT2D eigenvalue weighted by Gasteiger charge is -2.51. The summed E-state index contributed by atoms with van der Waals surface area (Å²) in [6.07, 6.45) is 46.5. The average Bonchev–Trinajstić information content (AvgIpc) is 3.45. The van der Waals surface area contributed by atoms with Crippen LogP contribution in [-0.2, 0) is 29.8 Å². The number of carbonyl (C=O) groups excluding carboxylic acids is 1. The third-order valence-corrected chi connectivity index (χ3v) is 48.3. The van der Waals surface area contributed by atoms with Gasteiger partial charge in [-0.1, -0.05) is 340 Å². The van der Waals surface area contributed by atoms with Gasteiger partial charge in [0.2, 0.25) is 0 Å². The van der Waals surface area contributed by atoms with Crippen LogP contribution in [0.25, 0.3) is 0 Å². The van der Waals surface area contributed by atoms with E-state index in [1.807, 2.05) is 0 Å². The van der Waals surface area contributed by atoms with Crippen molar-refractivity contribution in [2.24, 2.45) is 0 Å². The third kappa shape index (κ3) is 36.7. The molecular weight excluding hydrogens is 1090 g/mol. The van der Waals surface area contributed by atoms with Gasteiger partial charge in [-0.2, -0.15) is 0 Å². The highest BCUT2D eigenvalue weighted by molar-refractivity contribution is 6.93. The zero-order chi connectivity index (χ0) is 59.6. The molecule has 0 aromatic heterocycles. The van der Waals surface area contributed by atoms with E-state index in [0.717, 1.165) is 150 Å². The Hall–Kier alpha value is 0.571. The highest BCUT2D eigenvalue weighted by atomic mass is 28.5. The van der Waals surface area contributed by atoms with Crippen LogP contribution in [0.4, 0.5) is 0 Å². The zero-order valence-corrected chi connectivity index (χ0v) is 63.1. The van der Waals surface area contributed by atoms with Crippen LogP contribution < -0.4 is 0 Å². The van der Waals surface area contributed by atoms with Crippen molar-refractivity contribution < 1.29 is 29.8 Å². The predicted molar refractivity (Wildman–Crippen MR) is 368 cm³/mol. The molecule has 0 bridgehead atoms. The molecule has 0 aliphatic carbocycles. The molecule has 0 aromatic rings. The van der Waals surface area contributed by atoms with E-state index in [1.54, 1.807) is 6.92 Å². The van der Waals surface area contributed by atoms with Crippen molar-refractivity contribution in [3.8, 4) is 0 Å². The van der Waals surface area contributed by atoms with Gasteiger partial charge in [0.05, 0.1) is 0 Å². The molecule has 0 N–H and O–H groups in total. The van der Waals surface area contributed by atoms with Crippen LogP contribution in [0, 0.1) is 0 Å². The van der Waals surface area contributed by atoms with Crippen molar-refractivity contribution in [2.75, 3.05) is 0 Å². The van der Waals surface area contributed by atoms with E-state index in [1.165, 1.54) is 179 Å². The lowest BCUT2D eigenvalue weighted by Crippen LogP contribution is -2.66. The molecule has 80 heavy (non-hydrogen) atoms. The SMILES string of the molecule is CCCCC[Si](CCCCC)(CCCCC)O[Si](CCCCC)(CCCCC)O[Si](CCCCC)(CCCCC)O[Si](CCCCC)(CCCCC)O[Si](CCCCC)(CCCCC)O[Si](CCCCC)(CCCCC)OC(C)=O. The second-order valence-corrected chi connectivity index (χ2v) is 48.0. The molecular formula is C67H146O7Si6. The summed E-state index contributed by atoms with van der Waals surface area (Å²) in [5.41, 5.74) is 0. The fraction of sp³-hybridized carbons (Fsp3) is 0.985. The Morgan fingerprint density at radius 2 is 0.362 bits per heavy atom. The fourth-order valence-electron chi connectivity index (χ4n) is 12.8.